The molecule has 0 saturated heterocycles. The first kappa shape index (κ1) is 52.2. The predicted molar refractivity (Wildman–Crippen MR) is 216 cm³/mol. The van der Waals surface area contributed by atoms with E-state index in [-0.39, 0.29) is 19.0 Å². The predicted octanol–water partition coefficient (Wildman–Crippen LogP) is 9.71. The number of rotatable bonds is 39. The number of ether oxygens (including phenoxy) is 3. The molecular weight excluding hydrogens is 711 g/mol. The van der Waals surface area contributed by atoms with Crippen molar-refractivity contribution in [3.63, 3.8) is 0 Å². The highest BCUT2D eigenvalue weighted by molar-refractivity contribution is 7.52. The highest BCUT2D eigenvalue weighted by Gasteiger charge is 2.37. The zero-order valence-corrected chi connectivity index (χ0v) is 34.9. The molecule has 0 aliphatic rings. The fraction of sp³-hybridized carbons (Fsp3) is 0.857. The van der Waals surface area contributed by atoms with Crippen molar-refractivity contribution in [2.24, 2.45) is 0 Å². The lowest BCUT2D eigenvalue weighted by Gasteiger charge is -2.25. The van der Waals surface area contributed by atoms with Crippen LogP contribution in [0.2, 0.25) is 0 Å². The largest absolute Gasteiger partial charge is 0.480 e. The monoisotopic (exact) mass is 791 g/mol. The Morgan fingerprint density at radius 2 is 1.02 bits per heavy atom. The van der Waals surface area contributed by atoms with Crippen molar-refractivity contribution in [2.45, 2.75) is 212 Å². The Labute approximate surface area is 327 Å². The van der Waals surface area contributed by atoms with E-state index in [2.05, 4.69) is 26.0 Å². The summed E-state index contributed by atoms with van der Waals surface area (Å²) in [6.45, 7) is 3.00. The Morgan fingerprint density at radius 1 is 0.574 bits per heavy atom. The summed E-state index contributed by atoms with van der Waals surface area (Å²) in [5, 5.41) is 28.8. The molecule has 0 aromatic heterocycles. The van der Waals surface area contributed by atoms with Crippen LogP contribution in [0.3, 0.4) is 0 Å². The SMILES string of the molecule is CCCCCCCC/C=C\CCCCCCCC(=O)OC[C@H](CO)OC(=O)CCCCCCC/C=C(\CCCCCCCC)OC(C(O)CO)P(=O)(O)O. The maximum absolute atomic E-state index is 12.3. The van der Waals surface area contributed by atoms with Crippen molar-refractivity contribution in [1.29, 1.82) is 0 Å². The molecule has 0 aromatic carbocycles. The summed E-state index contributed by atoms with van der Waals surface area (Å²) in [5.74, 6) is -2.18. The third-order valence-corrected chi connectivity index (χ3v) is 10.5. The van der Waals surface area contributed by atoms with E-state index < -0.39 is 44.8 Å². The Balaban J connectivity index is 4.17. The summed E-state index contributed by atoms with van der Waals surface area (Å²) in [4.78, 5) is 43.8. The van der Waals surface area contributed by atoms with Crippen LogP contribution >= 0.6 is 7.60 Å². The first-order chi connectivity index (χ1) is 26.1. The van der Waals surface area contributed by atoms with Gasteiger partial charge in [-0.3, -0.25) is 14.2 Å². The van der Waals surface area contributed by atoms with Crippen molar-refractivity contribution >= 4 is 19.5 Å². The smallest absolute Gasteiger partial charge is 0.368 e. The van der Waals surface area contributed by atoms with Gasteiger partial charge < -0.3 is 39.3 Å². The first-order valence-corrected chi connectivity index (χ1v) is 23.1. The molecular formula is C42H79O11P. The van der Waals surface area contributed by atoms with Gasteiger partial charge in [-0.1, -0.05) is 129 Å². The molecule has 0 fully saturated rings. The van der Waals surface area contributed by atoms with Gasteiger partial charge in [0.1, 0.15) is 12.7 Å². The summed E-state index contributed by atoms with van der Waals surface area (Å²) in [5.41, 5.74) is 0. The number of allylic oxidation sites excluding steroid dienone is 4. The van der Waals surface area contributed by atoms with Gasteiger partial charge in [0, 0.05) is 19.3 Å². The molecule has 12 heteroatoms. The number of esters is 2. The van der Waals surface area contributed by atoms with Gasteiger partial charge in [0.05, 0.1) is 19.0 Å². The van der Waals surface area contributed by atoms with E-state index in [0.29, 0.717) is 31.4 Å². The number of unbranched alkanes of at least 4 members (excludes halogenated alkanes) is 21. The number of carbonyl (C=O) groups is 2. The molecule has 0 heterocycles. The minimum absolute atomic E-state index is 0.155. The third kappa shape index (κ3) is 32.5. The van der Waals surface area contributed by atoms with Crippen LogP contribution < -0.4 is 0 Å². The van der Waals surface area contributed by atoms with Gasteiger partial charge in [-0.25, -0.2) is 0 Å². The number of aliphatic hydroxyl groups excluding tert-OH is 3. The second-order valence-electron chi connectivity index (χ2n) is 14.7. The van der Waals surface area contributed by atoms with Crippen LogP contribution in [0.15, 0.2) is 24.0 Å². The van der Waals surface area contributed by atoms with Crippen molar-refractivity contribution < 1.29 is 53.5 Å². The van der Waals surface area contributed by atoms with Gasteiger partial charge in [0.25, 0.3) is 0 Å². The van der Waals surface area contributed by atoms with E-state index in [1.807, 2.05) is 6.08 Å². The summed E-state index contributed by atoms with van der Waals surface area (Å²) in [6, 6.07) is 0. The fourth-order valence-electron chi connectivity index (χ4n) is 6.08. The average Bonchev–Trinajstić information content (AvgIpc) is 3.14. The van der Waals surface area contributed by atoms with Crippen LogP contribution in [0.4, 0.5) is 0 Å². The summed E-state index contributed by atoms with van der Waals surface area (Å²) in [7, 11) is -4.80. The summed E-state index contributed by atoms with van der Waals surface area (Å²) >= 11 is 0. The molecule has 0 aliphatic heterocycles. The van der Waals surface area contributed by atoms with Crippen LogP contribution in [0.1, 0.15) is 194 Å². The van der Waals surface area contributed by atoms with Crippen LogP contribution in [0.5, 0.6) is 0 Å². The van der Waals surface area contributed by atoms with Crippen LogP contribution in [-0.2, 0) is 28.4 Å². The second kappa shape index (κ2) is 36.9. The lowest BCUT2D eigenvalue weighted by atomic mass is 10.1. The first-order valence-electron chi connectivity index (χ1n) is 21.4. The second-order valence-corrected chi connectivity index (χ2v) is 16.3. The Hall–Kier alpha value is -1.75. The van der Waals surface area contributed by atoms with Gasteiger partial charge in [-0.05, 0) is 63.9 Å². The fourth-order valence-corrected chi connectivity index (χ4v) is 6.89. The molecule has 0 radical (unpaired) electrons. The van der Waals surface area contributed by atoms with Crippen molar-refractivity contribution in [2.75, 3.05) is 19.8 Å². The molecule has 0 spiro atoms. The molecule has 0 rings (SSSR count). The van der Waals surface area contributed by atoms with Crippen molar-refractivity contribution in [3.05, 3.63) is 24.0 Å². The molecule has 3 atom stereocenters. The number of hydrogen-bond donors (Lipinski definition) is 5. The Kier molecular flexibility index (Phi) is 35.7. The topological polar surface area (TPSA) is 180 Å². The van der Waals surface area contributed by atoms with Crippen LogP contribution in [0, 0.1) is 0 Å². The molecule has 0 aromatic rings. The van der Waals surface area contributed by atoms with E-state index in [0.717, 1.165) is 89.9 Å². The van der Waals surface area contributed by atoms with E-state index >= 15 is 0 Å². The van der Waals surface area contributed by atoms with E-state index in [1.165, 1.54) is 57.8 Å². The molecule has 318 valence electrons. The lowest BCUT2D eigenvalue weighted by molar-refractivity contribution is -0.161. The number of aliphatic hydroxyl groups is 3. The zero-order chi connectivity index (χ0) is 40.1. The average molecular weight is 791 g/mol. The van der Waals surface area contributed by atoms with Gasteiger partial charge in [0.15, 0.2) is 6.10 Å². The van der Waals surface area contributed by atoms with Crippen LogP contribution in [0.25, 0.3) is 0 Å². The molecule has 0 amide bonds. The maximum Gasteiger partial charge on any atom is 0.368 e. The molecule has 2 unspecified atom stereocenters. The van der Waals surface area contributed by atoms with Gasteiger partial charge >= 0.3 is 19.5 Å². The van der Waals surface area contributed by atoms with E-state index in [9.17, 15) is 39.3 Å². The molecule has 54 heavy (non-hydrogen) atoms. The normalized spacial score (nSPS) is 13.9. The van der Waals surface area contributed by atoms with E-state index in [1.54, 1.807) is 0 Å². The molecule has 0 saturated carbocycles. The lowest BCUT2D eigenvalue weighted by Crippen LogP contribution is -2.32. The van der Waals surface area contributed by atoms with Crippen molar-refractivity contribution in [1.82, 2.24) is 0 Å². The third-order valence-electron chi connectivity index (χ3n) is 9.43. The highest BCUT2D eigenvalue weighted by atomic mass is 31.2. The van der Waals surface area contributed by atoms with Gasteiger partial charge in [-0.2, -0.15) is 0 Å². The number of carbonyl (C=O) groups excluding carboxylic acids is 2. The highest BCUT2D eigenvalue weighted by Crippen LogP contribution is 2.45. The van der Waals surface area contributed by atoms with Crippen LogP contribution in [-0.4, -0.2) is 74.9 Å². The minimum Gasteiger partial charge on any atom is -0.480 e. The Morgan fingerprint density at radius 3 is 1.50 bits per heavy atom. The zero-order valence-electron chi connectivity index (χ0n) is 34.0. The number of hydrogen-bond acceptors (Lipinski definition) is 9. The minimum atomic E-state index is -4.80. The summed E-state index contributed by atoms with van der Waals surface area (Å²) in [6.07, 6.45) is 31.2. The molecule has 0 aliphatic carbocycles. The molecule has 0 bridgehead atoms. The van der Waals surface area contributed by atoms with Gasteiger partial charge in [-0.15, -0.1) is 0 Å². The summed E-state index contributed by atoms with van der Waals surface area (Å²) < 4.78 is 28.0. The maximum atomic E-state index is 12.3. The molecule has 5 N–H and O–H groups in total. The van der Waals surface area contributed by atoms with Crippen molar-refractivity contribution in [3.8, 4) is 0 Å². The quantitative estimate of drug-likeness (QED) is 0.0132. The van der Waals surface area contributed by atoms with E-state index in [4.69, 9.17) is 14.2 Å². The van der Waals surface area contributed by atoms with Gasteiger partial charge in [0.2, 0.25) is 5.85 Å². The molecule has 11 nitrogen and oxygen atoms in total. The standard InChI is InChI=1S/C42H79O11P/c1-3-5-7-9-11-12-13-14-15-16-17-18-19-24-28-32-40(46)51-36-38(34-43)52-41(47)33-29-25-21-20-23-27-31-37(30-26-22-10-8-6-4-2)53-42(39(45)35-44)54(48,49)50/h14-15,31,38-39,42-45H,3-13,16-30,32-36H2,1-2H3,(H2,48,49,50)/b15-14-,37-31+/t38-,39?,42?/m0/s1. The Bertz CT molecular complexity index is 997.